The summed E-state index contributed by atoms with van der Waals surface area (Å²) in [6.07, 6.45) is 3.16. The van der Waals surface area contributed by atoms with Crippen LogP contribution in [0, 0.1) is 5.92 Å². The number of ether oxygens (including phenoxy) is 1. The highest BCUT2D eigenvalue weighted by molar-refractivity contribution is 6.01. The Morgan fingerprint density at radius 3 is 2.31 bits per heavy atom. The fraction of sp³-hybridized carbons (Fsp3) is 0.310. The zero-order valence-electron chi connectivity index (χ0n) is 20.0. The first-order valence-corrected chi connectivity index (χ1v) is 12.3. The number of anilines is 3. The van der Waals surface area contributed by atoms with E-state index in [9.17, 15) is 9.59 Å². The number of benzene rings is 3. The fourth-order valence-corrected chi connectivity index (χ4v) is 5.28. The number of amides is 2. The summed E-state index contributed by atoms with van der Waals surface area (Å²) in [5.41, 5.74) is 3.61. The molecule has 0 aromatic heterocycles. The van der Waals surface area contributed by atoms with Crippen LogP contribution in [0.1, 0.15) is 37.3 Å². The molecular formula is C29H31N3O3. The van der Waals surface area contributed by atoms with E-state index in [1.54, 1.807) is 12.0 Å². The monoisotopic (exact) mass is 469 g/mol. The van der Waals surface area contributed by atoms with E-state index in [0.717, 1.165) is 41.5 Å². The van der Waals surface area contributed by atoms with Crippen molar-refractivity contribution < 1.29 is 14.3 Å². The highest BCUT2D eigenvalue weighted by Crippen LogP contribution is 2.41. The van der Waals surface area contributed by atoms with E-state index >= 15 is 0 Å². The largest absolute Gasteiger partial charge is 0.497 e. The third kappa shape index (κ3) is 4.74. The van der Waals surface area contributed by atoms with Gasteiger partial charge in [0.15, 0.2) is 0 Å². The van der Waals surface area contributed by atoms with Gasteiger partial charge < -0.3 is 19.9 Å². The number of hydrogen-bond donors (Lipinski definition) is 1. The Morgan fingerprint density at radius 1 is 0.914 bits per heavy atom. The first kappa shape index (κ1) is 23.0. The molecule has 180 valence electrons. The van der Waals surface area contributed by atoms with Crippen molar-refractivity contribution in [2.75, 3.05) is 35.3 Å². The van der Waals surface area contributed by atoms with Crippen LogP contribution in [-0.2, 0) is 9.59 Å². The molecule has 2 aliphatic rings. The minimum Gasteiger partial charge on any atom is -0.497 e. The van der Waals surface area contributed by atoms with Gasteiger partial charge in [0.2, 0.25) is 11.8 Å². The van der Waals surface area contributed by atoms with Gasteiger partial charge in [-0.05, 0) is 61.2 Å². The van der Waals surface area contributed by atoms with Crippen LogP contribution in [0.25, 0.3) is 0 Å². The van der Waals surface area contributed by atoms with Crippen molar-refractivity contribution in [3.8, 4) is 5.75 Å². The van der Waals surface area contributed by atoms with E-state index in [2.05, 4.69) is 16.3 Å². The molecule has 3 aromatic carbocycles. The molecule has 35 heavy (non-hydrogen) atoms. The molecule has 0 bridgehead atoms. The van der Waals surface area contributed by atoms with Gasteiger partial charge in [-0.2, -0.15) is 0 Å². The van der Waals surface area contributed by atoms with Crippen molar-refractivity contribution in [1.82, 2.24) is 0 Å². The zero-order chi connectivity index (χ0) is 24.2. The molecule has 0 aliphatic carbocycles. The summed E-state index contributed by atoms with van der Waals surface area (Å²) < 4.78 is 5.30. The van der Waals surface area contributed by atoms with Gasteiger partial charge in [0.25, 0.3) is 0 Å². The van der Waals surface area contributed by atoms with Crippen molar-refractivity contribution in [3.63, 3.8) is 0 Å². The molecule has 3 aromatic rings. The minimum atomic E-state index is -0.398. The summed E-state index contributed by atoms with van der Waals surface area (Å²) in [5, 5.41) is 3.22. The van der Waals surface area contributed by atoms with E-state index in [-0.39, 0.29) is 17.7 Å². The lowest BCUT2D eigenvalue weighted by molar-refractivity contribution is -0.125. The Balaban J connectivity index is 1.48. The third-order valence-corrected chi connectivity index (χ3v) is 7.03. The second-order valence-electron chi connectivity index (χ2n) is 9.16. The van der Waals surface area contributed by atoms with Gasteiger partial charge in [-0.1, -0.05) is 42.5 Å². The van der Waals surface area contributed by atoms with Crippen LogP contribution < -0.4 is 19.9 Å². The quantitative estimate of drug-likeness (QED) is 0.524. The van der Waals surface area contributed by atoms with E-state index < -0.39 is 6.04 Å². The molecule has 1 N–H and O–H groups in total. The predicted molar refractivity (Wildman–Crippen MR) is 139 cm³/mol. The normalized spacial score (nSPS) is 20.1. The van der Waals surface area contributed by atoms with Crippen molar-refractivity contribution >= 4 is 28.9 Å². The van der Waals surface area contributed by atoms with Crippen LogP contribution >= 0.6 is 0 Å². The van der Waals surface area contributed by atoms with E-state index in [0.29, 0.717) is 12.8 Å². The number of hydrogen-bond acceptors (Lipinski definition) is 4. The number of carbonyl (C=O) groups is 2. The highest BCUT2D eigenvalue weighted by Gasteiger charge is 2.41. The molecule has 2 atom stereocenters. The van der Waals surface area contributed by atoms with Crippen LogP contribution in [0.5, 0.6) is 5.75 Å². The predicted octanol–water partition coefficient (Wildman–Crippen LogP) is 5.42. The number of para-hydroxylation sites is 2. The summed E-state index contributed by atoms with van der Waals surface area (Å²) in [5.74, 6) is 0.299. The molecule has 6 nitrogen and oxygen atoms in total. The third-order valence-electron chi connectivity index (χ3n) is 7.03. The van der Waals surface area contributed by atoms with Gasteiger partial charge in [0.05, 0.1) is 30.4 Å². The molecule has 0 spiro atoms. The van der Waals surface area contributed by atoms with E-state index in [1.807, 2.05) is 72.8 Å². The second-order valence-corrected chi connectivity index (χ2v) is 9.16. The molecule has 6 heteroatoms. The molecule has 0 radical (unpaired) electrons. The van der Waals surface area contributed by atoms with Gasteiger partial charge in [-0.3, -0.25) is 9.59 Å². The van der Waals surface area contributed by atoms with Gasteiger partial charge in [-0.15, -0.1) is 0 Å². The van der Waals surface area contributed by atoms with Crippen molar-refractivity contribution in [2.24, 2.45) is 5.92 Å². The molecule has 2 aliphatic heterocycles. The zero-order valence-corrected chi connectivity index (χ0v) is 20.0. The van der Waals surface area contributed by atoms with Crippen molar-refractivity contribution in [3.05, 3.63) is 84.4 Å². The number of rotatable bonds is 6. The Bertz CT molecular complexity index is 1170. The number of nitrogens with one attached hydrogen (secondary N) is 1. The Kier molecular flexibility index (Phi) is 6.70. The average Bonchev–Trinajstić information content (AvgIpc) is 3.44. The number of piperidine rings is 1. The molecule has 5 rings (SSSR count). The topological polar surface area (TPSA) is 61.9 Å². The first-order valence-electron chi connectivity index (χ1n) is 12.3. The Labute approximate surface area is 206 Å². The maximum Gasteiger partial charge on any atom is 0.230 e. The molecule has 0 saturated carbocycles. The van der Waals surface area contributed by atoms with Crippen LogP contribution in [0.3, 0.4) is 0 Å². The molecule has 2 saturated heterocycles. The lowest BCUT2D eigenvalue weighted by atomic mass is 9.83. The summed E-state index contributed by atoms with van der Waals surface area (Å²) in [4.78, 5) is 31.2. The first-order chi connectivity index (χ1) is 17.2. The van der Waals surface area contributed by atoms with Gasteiger partial charge in [-0.25, -0.2) is 0 Å². The molecule has 2 amide bonds. The molecular weight excluding hydrogens is 438 g/mol. The fourth-order valence-electron chi connectivity index (χ4n) is 5.28. The Hall–Kier alpha value is -3.80. The Morgan fingerprint density at radius 2 is 1.60 bits per heavy atom. The molecule has 2 heterocycles. The maximum absolute atomic E-state index is 13.8. The van der Waals surface area contributed by atoms with Crippen molar-refractivity contribution in [1.29, 1.82) is 0 Å². The summed E-state index contributed by atoms with van der Waals surface area (Å²) >= 11 is 0. The van der Waals surface area contributed by atoms with Crippen LogP contribution in [0.15, 0.2) is 78.9 Å². The maximum atomic E-state index is 13.8. The van der Waals surface area contributed by atoms with E-state index in [4.69, 9.17) is 4.74 Å². The number of nitrogens with zero attached hydrogens (tertiary/aromatic N) is 2. The van der Waals surface area contributed by atoms with Gasteiger partial charge >= 0.3 is 0 Å². The SMILES string of the molecule is COc1ccc(N2C(=O)CC[C@@H](C(=O)Nc3ccccc3N3CCCC3)[C@@H]2c2ccccc2)cc1. The second kappa shape index (κ2) is 10.2. The van der Waals surface area contributed by atoms with Crippen molar-refractivity contribution in [2.45, 2.75) is 31.7 Å². The van der Waals surface area contributed by atoms with Crippen LogP contribution in [0.2, 0.25) is 0 Å². The average molecular weight is 470 g/mol. The highest BCUT2D eigenvalue weighted by atomic mass is 16.5. The lowest BCUT2D eigenvalue weighted by Crippen LogP contribution is -2.47. The molecule has 0 unspecified atom stereocenters. The summed E-state index contributed by atoms with van der Waals surface area (Å²) in [7, 11) is 1.62. The summed E-state index contributed by atoms with van der Waals surface area (Å²) in [6, 6.07) is 24.9. The van der Waals surface area contributed by atoms with Gasteiger partial charge in [0, 0.05) is 25.2 Å². The molecule has 2 fully saturated rings. The van der Waals surface area contributed by atoms with Crippen LogP contribution in [0.4, 0.5) is 17.1 Å². The van der Waals surface area contributed by atoms with E-state index in [1.165, 1.54) is 12.8 Å². The lowest BCUT2D eigenvalue weighted by Gasteiger charge is -2.41. The number of methoxy groups -OCH3 is 1. The van der Waals surface area contributed by atoms with Crippen LogP contribution in [-0.4, -0.2) is 32.0 Å². The smallest absolute Gasteiger partial charge is 0.230 e. The minimum absolute atomic E-state index is 0.0190. The summed E-state index contributed by atoms with van der Waals surface area (Å²) in [6.45, 7) is 2.01. The van der Waals surface area contributed by atoms with Gasteiger partial charge in [0.1, 0.15) is 5.75 Å². The standard InChI is InChI=1S/C29H31N3O3/c1-35-23-15-13-22(14-16-23)32-27(33)18-17-24(28(32)21-9-3-2-4-10-21)29(34)30-25-11-5-6-12-26(25)31-19-7-8-20-31/h2-6,9-16,24,28H,7-8,17-20H2,1H3,(H,30,34)/t24-,28+/m1/s1. The number of carbonyl (C=O) groups excluding carboxylic acids is 2.